The second-order valence-corrected chi connectivity index (χ2v) is 5.21. The highest BCUT2D eigenvalue weighted by Crippen LogP contribution is 2.17. The number of rotatable bonds is 12. The van der Waals surface area contributed by atoms with Gasteiger partial charge in [0.25, 0.3) is 0 Å². The van der Waals surface area contributed by atoms with E-state index in [0.29, 0.717) is 13.2 Å². The summed E-state index contributed by atoms with van der Waals surface area (Å²) in [6.45, 7) is 5.88. The van der Waals surface area contributed by atoms with Crippen LogP contribution in [0.2, 0.25) is 0 Å². The molecular formula is C14H26N4O2S. The summed E-state index contributed by atoms with van der Waals surface area (Å²) in [7, 11) is 1.67. The van der Waals surface area contributed by atoms with Crippen molar-refractivity contribution in [3.63, 3.8) is 0 Å². The van der Waals surface area contributed by atoms with E-state index in [1.54, 1.807) is 18.9 Å². The van der Waals surface area contributed by atoms with Crippen molar-refractivity contribution in [2.75, 3.05) is 56.9 Å². The Kier molecular flexibility index (Phi) is 9.94. The fourth-order valence-electron chi connectivity index (χ4n) is 1.59. The Hall–Kier alpha value is -1.05. The van der Waals surface area contributed by atoms with Crippen molar-refractivity contribution >= 4 is 23.4 Å². The van der Waals surface area contributed by atoms with Crippen LogP contribution in [0.15, 0.2) is 11.2 Å². The van der Waals surface area contributed by atoms with Gasteiger partial charge in [-0.2, -0.15) is 0 Å². The van der Waals surface area contributed by atoms with E-state index < -0.39 is 0 Å². The summed E-state index contributed by atoms with van der Waals surface area (Å²) >= 11 is 1.54. The zero-order chi connectivity index (χ0) is 15.3. The van der Waals surface area contributed by atoms with Gasteiger partial charge in [-0.15, -0.1) is 0 Å². The Morgan fingerprint density at radius 2 is 1.81 bits per heavy atom. The molecule has 0 saturated heterocycles. The van der Waals surface area contributed by atoms with Crippen LogP contribution in [0.4, 0.5) is 11.6 Å². The van der Waals surface area contributed by atoms with Gasteiger partial charge in [-0.05, 0) is 19.1 Å². The maximum absolute atomic E-state index is 5.42. The summed E-state index contributed by atoms with van der Waals surface area (Å²) in [5, 5.41) is 7.38. The molecule has 0 unspecified atom stereocenters. The summed E-state index contributed by atoms with van der Waals surface area (Å²) in [6.07, 6.45) is 3.98. The lowest BCUT2D eigenvalue weighted by Crippen LogP contribution is -2.10. The highest BCUT2D eigenvalue weighted by Gasteiger charge is 2.03. The van der Waals surface area contributed by atoms with Crippen LogP contribution in [0.3, 0.4) is 0 Å². The summed E-state index contributed by atoms with van der Waals surface area (Å²) in [5.41, 5.74) is 0. The Bertz CT molecular complexity index is 393. The molecule has 0 aliphatic heterocycles. The second-order valence-electron chi connectivity index (χ2n) is 4.44. The number of hydrogen-bond donors (Lipinski definition) is 2. The zero-order valence-corrected chi connectivity index (χ0v) is 14.0. The smallest absolute Gasteiger partial charge is 0.191 e. The first-order valence-electron chi connectivity index (χ1n) is 7.27. The predicted molar refractivity (Wildman–Crippen MR) is 88.4 cm³/mol. The largest absolute Gasteiger partial charge is 0.382 e. The van der Waals surface area contributed by atoms with Crippen LogP contribution in [0.5, 0.6) is 0 Å². The van der Waals surface area contributed by atoms with E-state index in [9.17, 15) is 0 Å². The normalized spacial score (nSPS) is 10.6. The molecule has 0 aliphatic carbocycles. The lowest BCUT2D eigenvalue weighted by atomic mass is 10.4. The van der Waals surface area contributed by atoms with Gasteiger partial charge in [0.2, 0.25) is 0 Å². The van der Waals surface area contributed by atoms with E-state index in [1.165, 1.54) is 0 Å². The van der Waals surface area contributed by atoms with Gasteiger partial charge in [0.15, 0.2) is 5.16 Å². The van der Waals surface area contributed by atoms with Crippen molar-refractivity contribution in [2.45, 2.75) is 24.9 Å². The molecule has 0 aromatic carbocycles. The molecule has 0 bridgehead atoms. The summed E-state index contributed by atoms with van der Waals surface area (Å²) < 4.78 is 10.3. The standard InChI is InChI=1S/C14H26N4O2S/c1-4-6-15-12-11-13(18-14(17-12)21-3)16-7-5-8-20-10-9-19-2/h11H,4-10H2,1-3H3,(H2,15,16,17,18). The highest BCUT2D eigenvalue weighted by atomic mass is 32.2. The van der Waals surface area contributed by atoms with Gasteiger partial charge in [-0.25, -0.2) is 9.97 Å². The molecule has 1 aromatic rings. The van der Waals surface area contributed by atoms with Crippen LogP contribution in [-0.2, 0) is 9.47 Å². The molecule has 0 fully saturated rings. The minimum atomic E-state index is 0.642. The van der Waals surface area contributed by atoms with E-state index in [1.807, 2.05) is 12.3 Å². The fraction of sp³-hybridized carbons (Fsp3) is 0.714. The molecule has 6 nitrogen and oxygen atoms in total. The van der Waals surface area contributed by atoms with E-state index >= 15 is 0 Å². The van der Waals surface area contributed by atoms with Crippen molar-refractivity contribution in [3.05, 3.63) is 6.07 Å². The zero-order valence-electron chi connectivity index (χ0n) is 13.1. The number of hydrogen-bond acceptors (Lipinski definition) is 7. The minimum absolute atomic E-state index is 0.642. The maximum Gasteiger partial charge on any atom is 0.191 e. The summed E-state index contributed by atoms with van der Waals surface area (Å²) in [5.74, 6) is 1.72. The molecular weight excluding hydrogens is 288 g/mol. The van der Waals surface area contributed by atoms with Crippen LogP contribution in [-0.4, -0.2) is 56.2 Å². The maximum atomic E-state index is 5.42. The average molecular weight is 314 g/mol. The van der Waals surface area contributed by atoms with Gasteiger partial charge in [0.1, 0.15) is 11.6 Å². The lowest BCUT2D eigenvalue weighted by Gasteiger charge is -2.10. The number of nitrogens with one attached hydrogen (secondary N) is 2. The van der Waals surface area contributed by atoms with Crippen LogP contribution in [0, 0.1) is 0 Å². The molecule has 7 heteroatoms. The topological polar surface area (TPSA) is 68.3 Å². The van der Waals surface area contributed by atoms with E-state index in [-0.39, 0.29) is 0 Å². The van der Waals surface area contributed by atoms with Gasteiger partial charge in [0, 0.05) is 32.9 Å². The molecule has 1 rings (SSSR count). The number of ether oxygens (including phenoxy) is 2. The number of nitrogens with zero attached hydrogens (tertiary/aromatic N) is 2. The van der Waals surface area contributed by atoms with Crippen LogP contribution in [0.25, 0.3) is 0 Å². The van der Waals surface area contributed by atoms with E-state index in [2.05, 4.69) is 27.5 Å². The Morgan fingerprint density at radius 1 is 1.10 bits per heavy atom. The van der Waals surface area contributed by atoms with Gasteiger partial charge in [-0.3, -0.25) is 0 Å². The summed E-state index contributed by atoms with van der Waals surface area (Å²) in [4.78, 5) is 8.88. The van der Waals surface area contributed by atoms with Crippen LogP contribution in [0.1, 0.15) is 19.8 Å². The van der Waals surface area contributed by atoms with Crippen molar-refractivity contribution in [1.82, 2.24) is 9.97 Å². The van der Waals surface area contributed by atoms with Crippen molar-refractivity contribution < 1.29 is 9.47 Å². The molecule has 1 heterocycles. The molecule has 0 spiro atoms. The van der Waals surface area contributed by atoms with Crippen molar-refractivity contribution in [3.8, 4) is 0 Å². The monoisotopic (exact) mass is 314 g/mol. The van der Waals surface area contributed by atoms with Gasteiger partial charge in [-0.1, -0.05) is 18.7 Å². The number of methoxy groups -OCH3 is 1. The van der Waals surface area contributed by atoms with E-state index in [0.717, 1.165) is 49.3 Å². The van der Waals surface area contributed by atoms with E-state index in [4.69, 9.17) is 9.47 Å². The molecule has 1 aromatic heterocycles. The minimum Gasteiger partial charge on any atom is -0.382 e. The highest BCUT2D eigenvalue weighted by molar-refractivity contribution is 7.98. The number of anilines is 2. The predicted octanol–water partition coefficient (Wildman–Crippen LogP) is 2.49. The van der Waals surface area contributed by atoms with Crippen LogP contribution < -0.4 is 10.6 Å². The first-order chi connectivity index (χ1) is 10.3. The third-order valence-electron chi connectivity index (χ3n) is 2.65. The van der Waals surface area contributed by atoms with Gasteiger partial charge in [0.05, 0.1) is 13.2 Å². The molecule has 2 N–H and O–H groups in total. The van der Waals surface area contributed by atoms with Crippen molar-refractivity contribution in [1.29, 1.82) is 0 Å². The Labute approximate surface area is 131 Å². The fourth-order valence-corrected chi connectivity index (χ4v) is 1.96. The summed E-state index contributed by atoms with van der Waals surface area (Å²) in [6, 6.07) is 1.95. The first-order valence-corrected chi connectivity index (χ1v) is 8.50. The number of aromatic nitrogens is 2. The number of thioether (sulfide) groups is 1. The van der Waals surface area contributed by atoms with Gasteiger partial charge >= 0.3 is 0 Å². The SMILES string of the molecule is CCCNc1cc(NCCCOCCOC)nc(SC)n1. The lowest BCUT2D eigenvalue weighted by molar-refractivity contribution is 0.0705. The second kappa shape index (κ2) is 11.6. The molecule has 0 radical (unpaired) electrons. The Balaban J connectivity index is 2.35. The molecule has 0 amide bonds. The quantitative estimate of drug-likeness (QED) is 0.349. The average Bonchev–Trinajstić information content (AvgIpc) is 2.51. The molecule has 120 valence electrons. The third-order valence-corrected chi connectivity index (χ3v) is 3.20. The van der Waals surface area contributed by atoms with Gasteiger partial charge < -0.3 is 20.1 Å². The molecule has 0 aliphatic rings. The molecule has 0 saturated carbocycles. The van der Waals surface area contributed by atoms with Crippen molar-refractivity contribution in [2.24, 2.45) is 0 Å². The third kappa shape index (κ3) is 8.08. The Morgan fingerprint density at radius 3 is 2.43 bits per heavy atom. The molecule has 0 atom stereocenters. The first kappa shape index (κ1) is 18.0. The molecule has 21 heavy (non-hydrogen) atoms. The van der Waals surface area contributed by atoms with Crippen LogP contribution >= 0.6 is 11.8 Å².